The molecule has 1 aromatic heterocycles. The minimum atomic E-state index is -0.406. The van der Waals surface area contributed by atoms with E-state index < -0.39 is 5.54 Å². The zero-order chi connectivity index (χ0) is 12.5. The third-order valence-electron chi connectivity index (χ3n) is 2.58. The van der Waals surface area contributed by atoms with Crippen LogP contribution < -0.4 is 11.3 Å². The third-order valence-corrected chi connectivity index (χ3v) is 2.58. The molecule has 0 saturated carbocycles. The summed E-state index contributed by atoms with van der Waals surface area (Å²) in [5.74, 6) is 0.734. The van der Waals surface area contributed by atoms with Crippen LogP contribution in [0.15, 0.2) is 4.79 Å². The summed E-state index contributed by atoms with van der Waals surface area (Å²) in [6.07, 6.45) is 0.711. The average molecular weight is 223 g/mol. The van der Waals surface area contributed by atoms with Crippen molar-refractivity contribution in [2.24, 2.45) is 5.73 Å². The number of rotatable bonds is 3. The number of nitrogens with two attached hydrogens (primary N) is 1. The fourth-order valence-electron chi connectivity index (χ4n) is 1.84. The van der Waals surface area contributed by atoms with E-state index in [0.29, 0.717) is 13.0 Å². The van der Waals surface area contributed by atoms with Crippen LogP contribution in [0.5, 0.6) is 0 Å². The Kier molecular flexibility index (Phi) is 3.53. The van der Waals surface area contributed by atoms with Crippen LogP contribution in [0.4, 0.5) is 0 Å². The van der Waals surface area contributed by atoms with Crippen molar-refractivity contribution in [2.75, 3.05) is 0 Å². The number of hydrogen-bond donors (Lipinski definition) is 1. The molecule has 0 bridgehead atoms. The van der Waals surface area contributed by atoms with Crippen molar-refractivity contribution in [1.82, 2.24) is 9.55 Å². The van der Waals surface area contributed by atoms with E-state index >= 15 is 0 Å². The molecule has 0 aliphatic heterocycles. The van der Waals surface area contributed by atoms with Gasteiger partial charge in [-0.15, -0.1) is 0 Å². The summed E-state index contributed by atoms with van der Waals surface area (Å²) in [4.78, 5) is 16.6. The highest BCUT2D eigenvalue weighted by Crippen LogP contribution is 2.06. The van der Waals surface area contributed by atoms with Gasteiger partial charge in [-0.1, -0.05) is 6.92 Å². The van der Waals surface area contributed by atoms with E-state index in [1.807, 2.05) is 34.6 Å². The SMILES string of the molecule is CCc1c(C)nc(C)n(CC(C)(C)N)c1=O. The molecule has 1 heterocycles. The van der Waals surface area contributed by atoms with Crippen LogP contribution in [0.2, 0.25) is 0 Å². The standard InChI is InChI=1S/C12H21N3O/c1-6-10-8(2)14-9(3)15(11(10)16)7-12(4,5)13/h6-7,13H2,1-5H3. The van der Waals surface area contributed by atoms with Gasteiger partial charge < -0.3 is 5.73 Å². The summed E-state index contributed by atoms with van der Waals surface area (Å²) >= 11 is 0. The third kappa shape index (κ3) is 2.70. The van der Waals surface area contributed by atoms with Crippen molar-refractivity contribution in [1.29, 1.82) is 0 Å². The molecule has 4 heteroatoms. The summed E-state index contributed by atoms with van der Waals surface area (Å²) in [7, 11) is 0. The topological polar surface area (TPSA) is 60.9 Å². The van der Waals surface area contributed by atoms with E-state index in [0.717, 1.165) is 17.1 Å². The first-order valence-electron chi connectivity index (χ1n) is 5.62. The molecule has 0 unspecified atom stereocenters. The Hall–Kier alpha value is -1.16. The monoisotopic (exact) mass is 223 g/mol. The Labute approximate surface area is 96.5 Å². The molecule has 16 heavy (non-hydrogen) atoms. The molecule has 0 aliphatic rings. The summed E-state index contributed by atoms with van der Waals surface area (Å²) in [6.45, 7) is 10.0. The Bertz CT molecular complexity index is 441. The van der Waals surface area contributed by atoms with Crippen LogP contribution in [0, 0.1) is 13.8 Å². The van der Waals surface area contributed by atoms with E-state index in [4.69, 9.17) is 5.73 Å². The van der Waals surface area contributed by atoms with Crippen molar-refractivity contribution in [3.05, 3.63) is 27.4 Å². The second-order valence-corrected chi connectivity index (χ2v) is 4.96. The zero-order valence-electron chi connectivity index (χ0n) is 10.8. The van der Waals surface area contributed by atoms with Gasteiger partial charge in [-0.3, -0.25) is 9.36 Å². The number of hydrogen-bond acceptors (Lipinski definition) is 3. The Morgan fingerprint density at radius 1 is 1.38 bits per heavy atom. The number of aryl methyl sites for hydroxylation is 2. The largest absolute Gasteiger partial charge is 0.324 e. The predicted octanol–water partition coefficient (Wildman–Crippen LogP) is 1.16. The molecular weight excluding hydrogens is 202 g/mol. The van der Waals surface area contributed by atoms with Gasteiger partial charge in [0.1, 0.15) is 5.82 Å². The van der Waals surface area contributed by atoms with Crippen LogP contribution in [-0.4, -0.2) is 15.1 Å². The minimum Gasteiger partial charge on any atom is -0.324 e. The van der Waals surface area contributed by atoms with Crippen molar-refractivity contribution in [2.45, 2.75) is 53.1 Å². The van der Waals surface area contributed by atoms with Crippen molar-refractivity contribution < 1.29 is 0 Å². The van der Waals surface area contributed by atoms with Crippen LogP contribution in [0.25, 0.3) is 0 Å². The van der Waals surface area contributed by atoms with Gasteiger partial charge in [0.15, 0.2) is 0 Å². The molecule has 4 nitrogen and oxygen atoms in total. The molecule has 0 amide bonds. The second kappa shape index (κ2) is 4.37. The fourth-order valence-corrected chi connectivity index (χ4v) is 1.84. The molecule has 0 atom stereocenters. The lowest BCUT2D eigenvalue weighted by atomic mass is 10.1. The van der Waals surface area contributed by atoms with Gasteiger partial charge >= 0.3 is 0 Å². The van der Waals surface area contributed by atoms with Gasteiger partial charge in [0.05, 0.1) is 0 Å². The fraction of sp³-hybridized carbons (Fsp3) is 0.667. The Morgan fingerprint density at radius 3 is 2.38 bits per heavy atom. The first-order valence-corrected chi connectivity index (χ1v) is 5.62. The van der Waals surface area contributed by atoms with Gasteiger partial charge in [0.25, 0.3) is 5.56 Å². The molecular formula is C12H21N3O. The minimum absolute atomic E-state index is 0.0472. The normalized spacial score (nSPS) is 11.9. The smallest absolute Gasteiger partial charge is 0.256 e. The summed E-state index contributed by atoms with van der Waals surface area (Å²) < 4.78 is 1.67. The predicted molar refractivity (Wildman–Crippen MR) is 65.6 cm³/mol. The maximum atomic E-state index is 12.2. The average Bonchev–Trinajstić information content (AvgIpc) is 2.11. The molecule has 0 aromatic carbocycles. The molecule has 0 spiro atoms. The summed E-state index contributed by atoms with van der Waals surface area (Å²) in [6, 6.07) is 0. The molecule has 90 valence electrons. The van der Waals surface area contributed by atoms with Crippen LogP contribution in [0.1, 0.15) is 37.9 Å². The van der Waals surface area contributed by atoms with E-state index in [9.17, 15) is 4.79 Å². The Balaban J connectivity index is 3.35. The summed E-state index contributed by atoms with van der Waals surface area (Å²) in [5.41, 5.74) is 7.20. The highest BCUT2D eigenvalue weighted by molar-refractivity contribution is 5.17. The maximum Gasteiger partial charge on any atom is 0.256 e. The summed E-state index contributed by atoms with van der Waals surface area (Å²) in [5, 5.41) is 0. The highest BCUT2D eigenvalue weighted by Gasteiger charge is 2.17. The first kappa shape index (κ1) is 12.9. The van der Waals surface area contributed by atoms with Gasteiger partial charge in [-0.25, -0.2) is 4.98 Å². The number of nitrogens with zero attached hydrogens (tertiary/aromatic N) is 2. The van der Waals surface area contributed by atoms with Crippen molar-refractivity contribution in [3.8, 4) is 0 Å². The van der Waals surface area contributed by atoms with E-state index in [2.05, 4.69) is 4.98 Å². The quantitative estimate of drug-likeness (QED) is 0.836. The molecule has 2 N–H and O–H groups in total. The zero-order valence-corrected chi connectivity index (χ0v) is 10.8. The Morgan fingerprint density at radius 2 is 1.94 bits per heavy atom. The van der Waals surface area contributed by atoms with Gasteiger partial charge in [0, 0.05) is 23.3 Å². The molecule has 0 saturated heterocycles. The maximum absolute atomic E-state index is 12.2. The van der Waals surface area contributed by atoms with Gasteiger partial charge in [-0.2, -0.15) is 0 Å². The van der Waals surface area contributed by atoms with E-state index in [-0.39, 0.29) is 5.56 Å². The van der Waals surface area contributed by atoms with Crippen molar-refractivity contribution in [3.63, 3.8) is 0 Å². The lowest BCUT2D eigenvalue weighted by Crippen LogP contribution is -2.42. The lowest BCUT2D eigenvalue weighted by molar-refractivity contribution is 0.414. The molecule has 0 radical (unpaired) electrons. The van der Waals surface area contributed by atoms with E-state index in [1.165, 1.54) is 0 Å². The lowest BCUT2D eigenvalue weighted by Gasteiger charge is -2.22. The number of aromatic nitrogens is 2. The molecule has 1 rings (SSSR count). The highest BCUT2D eigenvalue weighted by atomic mass is 16.1. The van der Waals surface area contributed by atoms with E-state index in [1.54, 1.807) is 4.57 Å². The second-order valence-electron chi connectivity index (χ2n) is 4.96. The van der Waals surface area contributed by atoms with Crippen molar-refractivity contribution >= 4 is 0 Å². The van der Waals surface area contributed by atoms with Gasteiger partial charge in [-0.05, 0) is 34.1 Å². The van der Waals surface area contributed by atoms with Crippen LogP contribution in [0.3, 0.4) is 0 Å². The van der Waals surface area contributed by atoms with Crippen LogP contribution in [-0.2, 0) is 13.0 Å². The van der Waals surface area contributed by atoms with Crippen LogP contribution >= 0.6 is 0 Å². The molecule has 0 aliphatic carbocycles. The van der Waals surface area contributed by atoms with Gasteiger partial charge in [0.2, 0.25) is 0 Å². The molecule has 0 fully saturated rings. The molecule has 1 aromatic rings. The first-order chi connectivity index (χ1) is 7.26.